The zero-order valence-electron chi connectivity index (χ0n) is 25.8. The van der Waals surface area contributed by atoms with Crippen LogP contribution in [0.15, 0.2) is 11.6 Å². The number of rotatable bonds is 6. The molecule has 0 radical (unpaired) electrons. The summed E-state index contributed by atoms with van der Waals surface area (Å²) < 4.78 is 35.2. The molecule has 43 heavy (non-hydrogen) atoms. The van der Waals surface area contributed by atoms with E-state index < -0.39 is 94.6 Å². The van der Waals surface area contributed by atoms with Gasteiger partial charge in [0, 0.05) is 46.0 Å². The molecule has 4 aliphatic rings. The van der Waals surface area contributed by atoms with Gasteiger partial charge in [-0.3, -0.25) is 19.2 Å². The molecular formula is C30H42O13. The van der Waals surface area contributed by atoms with Crippen LogP contribution in [0.5, 0.6) is 0 Å². The van der Waals surface area contributed by atoms with Crippen molar-refractivity contribution in [3.05, 3.63) is 11.6 Å². The number of hydrogen-bond donors (Lipinski definition) is 2. The van der Waals surface area contributed by atoms with Crippen molar-refractivity contribution in [2.45, 2.75) is 135 Å². The zero-order chi connectivity index (χ0) is 32.3. The average molecular weight is 611 g/mol. The first-order valence-corrected chi connectivity index (χ1v) is 14.6. The first-order valence-electron chi connectivity index (χ1n) is 14.6. The standard InChI is InChI=1S/C30H42O13/c1-9-10-23(35)41-21-13-20(39-16(4)32)27(6)19(38-15(3)31)12-18(34)14(2)11-22-30(29(8,43-30)26(36)42-22)25(40-17(5)33)24(27)28(21,7)37/h11,18-22,24-25,34,37H,9-10,12-13H2,1-8H3/b14-11-/t18-,19+,20+,21-,22+,24-,25+,27+,28-,29+,30+/m1/s1. The van der Waals surface area contributed by atoms with Crippen LogP contribution in [0.25, 0.3) is 0 Å². The highest BCUT2D eigenvalue weighted by atomic mass is 16.7. The molecule has 1 spiro atoms. The molecule has 2 aliphatic carbocycles. The molecule has 3 fully saturated rings. The number of ether oxygens (including phenoxy) is 6. The topological polar surface area (TPSA) is 184 Å². The van der Waals surface area contributed by atoms with Gasteiger partial charge in [-0.15, -0.1) is 0 Å². The van der Waals surface area contributed by atoms with Crippen molar-refractivity contribution in [2.24, 2.45) is 11.3 Å². The zero-order valence-corrected chi connectivity index (χ0v) is 25.8. The van der Waals surface area contributed by atoms with Crippen LogP contribution in [0.2, 0.25) is 0 Å². The molecule has 2 aliphatic heterocycles. The van der Waals surface area contributed by atoms with E-state index in [0.29, 0.717) is 12.0 Å². The van der Waals surface area contributed by atoms with Crippen molar-refractivity contribution in [3.8, 4) is 0 Å². The summed E-state index contributed by atoms with van der Waals surface area (Å²) in [7, 11) is 0. The second-order valence-electron chi connectivity index (χ2n) is 12.7. The molecule has 0 aromatic rings. The molecule has 0 unspecified atom stereocenters. The molecule has 0 bridgehead atoms. The second kappa shape index (κ2) is 11.2. The van der Waals surface area contributed by atoms with Gasteiger partial charge in [-0.05, 0) is 38.8 Å². The minimum absolute atomic E-state index is 0.0436. The maximum absolute atomic E-state index is 13.2. The van der Waals surface area contributed by atoms with E-state index in [1.807, 2.05) is 0 Å². The number of carbonyl (C=O) groups excluding carboxylic acids is 5. The summed E-state index contributed by atoms with van der Waals surface area (Å²) in [5, 5.41) is 23.8. The Morgan fingerprint density at radius 1 is 0.930 bits per heavy atom. The number of epoxide rings is 1. The van der Waals surface area contributed by atoms with Crippen LogP contribution in [0.4, 0.5) is 0 Å². The van der Waals surface area contributed by atoms with Crippen molar-refractivity contribution in [3.63, 3.8) is 0 Å². The maximum Gasteiger partial charge on any atom is 0.342 e. The lowest BCUT2D eigenvalue weighted by Gasteiger charge is -2.59. The van der Waals surface area contributed by atoms with E-state index in [1.165, 1.54) is 33.8 Å². The minimum Gasteiger partial charge on any atom is -0.462 e. The summed E-state index contributed by atoms with van der Waals surface area (Å²) in [6.45, 7) is 11.3. The predicted molar refractivity (Wildman–Crippen MR) is 145 cm³/mol. The fourth-order valence-corrected chi connectivity index (χ4v) is 7.48. The Hall–Kier alpha value is -3.03. The van der Waals surface area contributed by atoms with Crippen LogP contribution < -0.4 is 0 Å². The fourth-order valence-electron chi connectivity index (χ4n) is 7.48. The Morgan fingerprint density at radius 2 is 1.49 bits per heavy atom. The van der Waals surface area contributed by atoms with E-state index >= 15 is 0 Å². The lowest BCUT2D eigenvalue weighted by molar-refractivity contribution is -0.278. The Kier molecular flexibility index (Phi) is 8.53. The number of aliphatic hydroxyl groups excluding tert-OH is 1. The van der Waals surface area contributed by atoms with E-state index in [0.717, 1.165) is 6.92 Å². The highest BCUT2D eigenvalue weighted by Gasteiger charge is 2.88. The number of hydrogen-bond acceptors (Lipinski definition) is 13. The van der Waals surface area contributed by atoms with Crippen LogP contribution in [0.3, 0.4) is 0 Å². The third-order valence-corrected chi connectivity index (χ3v) is 9.63. The third-order valence-electron chi connectivity index (χ3n) is 9.63. The average Bonchev–Trinajstić information content (AvgIpc) is 3.46. The Balaban J connectivity index is 2.06. The fraction of sp³-hybridized carbons (Fsp3) is 0.767. The van der Waals surface area contributed by atoms with Crippen LogP contribution in [0, 0.1) is 11.3 Å². The first-order chi connectivity index (χ1) is 19.9. The molecule has 0 amide bonds. The minimum atomic E-state index is -2.06. The van der Waals surface area contributed by atoms with Crippen LogP contribution >= 0.6 is 0 Å². The van der Waals surface area contributed by atoms with Gasteiger partial charge in [0.25, 0.3) is 0 Å². The van der Waals surface area contributed by atoms with Gasteiger partial charge in [0.2, 0.25) is 0 Å². The van der Waals surface area contributed by atoms with Gasteiger partial charge in [-0.1, -0.05) is 13.8 Å². The summed E-state index contributed by atoms with van der Waals surface area (Å²) in [6, 6.07) is 0. The molecular weight excluding hydrogens is 568 g/mol. The van der Waals surface area contributed by atoms with Gasteiger partial charge < -0.3 is 38.6 Å². The van der Waals surface area contributed by atoms with Crippen LogP contribution in [-0.2, 0) is 52.4 Å². The summed E-state index contributed by atoms with van der Waals surface area (Å²) >= 11 is 0. The molecule has 2 saturated heterocycles. The molecule has 13 nitrogen and oxygen atoms in total. The lowest BCUT2D eigenvalue weighted by Crippen LogP contribution is -2.73. The van der Waals surface area contributed by atoms with E-state index in [1.54, 1.807) is 20.8 Å². The number of fused-ring (bicyclic) bond motifs is 1. The molecule has 240 valence electrons. The molecule has 1 saturated carbocycles. The smallest absolute Gasteiger partial charge is 0.342 e. The normalized spacial score (nSPS) is 44.7. The molecule has 0 aromatic heterocycles. The van der Waals surface area contributed by atoms with Gasteiger partial charge in [-0.2, -0.15) is 0 Å². The third kappa shape index (κ3) is 5.22. The molecule has 0 aromatic carbocycles. The Morgan fingerprint density at radius 3 is 2.00 bits per heavy atom. The predicted octanol–water partition coefficient (Wildman–Crippen LogP) is 1.43. The monoisotopic (exact) mass is 610 g/mol. The first kappa shape index (κ1) is 32.9. The van der Waals surface area contributed by atoms with Gasteiger partial charge in [0.1, 0.15) is 30.0 Å². The lowest BCUT2D eigenvalue weighted by atomic mass is 9.51. The van der Waals surface area contributed by atoms with E-state index in [9.17, 15) is 34.2 Å². The quantitative estimate of drug-likeness (QED) is 0.191. The van der Waals surface area contributed by atoms with Gasteiger partial charge in [0.05, 0.1) is 11.5 Å². The number of esters is 5. The van der Waals surface area contributed by atoms with Crippen molar-refractivity contribution < 1.29 is 62.6 Å². The summed E-state index contributed by atoms with van der Waals surface area (Å²) in [5.41, 5.74) is -6.66. The Labute approximate surface area is 250 Å². The molecule has 2 heterocycles. The van der Waals surface area contributed by atoms with Crippen LogP contribution in [-0.4, -0.2) is 93.5 Å². The van der Waals surface area contributed by atoms with E-state index in [-0.39, 0.29) is 19.3 Å². The van der Waals surface area contributed by atoms with Crippen molar-refractivity contribution in [1.29, 1.82) is 0 Å². The van der Waals surface area contributed by atoms with Crippen molar-refractivity contribution in [2.75, 3.05) is 0 Å². The highest BCUT2D eigenvalue weighted by Crippen LogP contribution is 2.66. The van der Waals surface area contributed by atoms with E-state index in [2.05, 4.69) is 0 Å². The van der Waals surface area contributed by atoms with Gasteiger partial charge in [0.15, 0.2) is 17.3 Å². The largest absolute Gasteiger partial charge is 0.462 e. The van der Waals surface area contributed by atoms with Gasteiger partial charge in [-0.25, -0.2) is 4.79 Å². The molecule has 2 N–H and O–H groups in total. The highest BCUT2D eigenvalue weighted by molar-refractivity contribution is 5.89. The second-order valence-corrected chi connectivity index (χ2v) is 12.7. The van der Waals surface area contributed by atoms with Crippen LogP contribution in [0.1, 0.15) is 81.1 Å². The summed E-state index contributed by atoms with van der Waals surface area (Å²) in [5.74, 6) is -4.97. The molecule has 4 rings (SSSR count). The van der Waals surface area contributed by atoms with Gasteiger partial charge >= 0.3 is 29.8 Å². The molecule has 11 atom stereocenters. The SMILES string of the molecule is CCCC(=O)O[C@@H]1C[C@H](OC(C)=O)[C@]2(C)[C@@H](OC(C)=O)C[C@@H](O)/C(C)=C\[C@@H]3OC(=O)[C@]4(C)O[C@]34[C@@H](OC(C)=O)[C@H]2[C@]1(C)O. The van der Waals surface area contributed by atoms with Crippen molar-refractivity contribution >= 4 is 29.8 Å². The Bertz CT molecular complexity index is 1220. The summed E-state index contributed by atoms with van der Waals surface area (Å²) in [6.07, 6.45) is -6.07. The van der Waals surface area contributed by atoms with E-state index in [4.69, 9.17) is 28.4 Å². The van der Waals surface area contributed by atoms with Crippen molar-refractivity contribution in [1.82, 2.24) is 0 Å². The summed E-state index contributed by atoms with van der Waals surface area (Å²) in [4.78, 5) is 63.7. The molecule has 13 heteroatoms. The number of carbonyl (C=O) groups is 5. The maximum atomic E-state index is 13.2. The number of aliphatic hydroxyl groups is 2.